The van der Waals surface area contributed by atoms with Gasteiger partial charge in [0, 0.05) is 23.4 Å². The Morgan fingerprint density at radius 1 is 1.16 bits per heavy atom. The lowest BCUT2D eigenvalue weighted by atomic mass is 10.2. The van der Waals surface area contributed by atoms with Gasteiger partial charge in [-0.05, 0) is 44.2 Å². The molecule has 0 spiro atoms. The maximum Gasteiger partial charge on any atom is 0.255 e. The summed E-state index contributed by atoms with van der Waals surface area (Å²) in [6.45, 7) is 3.40. The Balaban J connectivity index is 2.23. The Labute approximate surface area is 146 Å². The number of methoxy groups -OCH3 is 1. The number of ether oxygens (including phenoxy) is 1. The van der Waals surface area contributed by atoms with Crippen LogP contribution in [-0.4, -0.2) is 27.5 Å². The fourth-order valence-electron chi connectivity index (χ4n) is 2.13. The van der Waals surface area contributed by atoms with Crippen molar-refractivity contribution in [2.45, 2.75) is 24.8 Å². The molecule has 2 N–H and O–H groups in total. The van der Waals surface area contributed by atoms with Crippen molar-refractivity contribution in [2.24, 2.45) is 0 Å². The molecule has 6 nitrogen and oxygen atoms in total. The van der Waals surface area contributed by atoms with Crippen LogP contribution in [0.3, 0.4) is 0 Å². The third kappa shape index (κ3) is 4.77. The van der Waals surface area contributed by atoms with Crippen molar-refractivity contribution in [1.82, 2.24) is 4.72 Å². The summed E-state index contributed by atoms with van der Waals surface area (Å²) in [5.41, 5.74) is 0.375. The average molecular weight is 366 g/mol. The maximum absolute atomic E-state index is 13.7. The zero-order valence-corrected chi connectivity index (χ0v) is 14.9. The minimum Gasteiger partial charge on any atom is -0.494 e. The topological polar surface area (TPSA) is 84.5 Å². The van der Waals surface area contributed by atoms with Crippen LogP contribution in [-0.2, 0) is 10.0 Å². The number of amides is 1. The molecule has 2 aromatic rings. The van der Waals surface area contributed by atoms with Gasteiger partial charge in [0.25, 0.3) is 5.91 Å². The molecule has 25 heavy (non-hydrogen) atoms. The van der Waals surface area contributed by atoms with Crippen molar-refractivity contribution in [3.05, 3.63) is 53.8 Å². The first-order valence-corrected chi connectivity index (χ1v) is 8.98. The highest BCUT2D eigenvalue weighted by molar-refractivity contribution is 7.89. The van der Waals surface area contributed by atoms with Gasteiger partial charge in [-0.2, -0.15) is 0 Å². The van der Waals surface area contributed by atoms with E-state index in [-0.39, 0.29) is 27.9 Å². The quantitative estimate of drug-likeness (QED) is 0.823. The van der Waals surface area contributed by atoms with Gasteiger partial charge in [0.05, 0.1) is 12.0 Å². The smallest absolute Gasteiger partial charge is 0.255 e. The summed E-state index contributed by atoms with van der Waals surface area (Å²) in [4.78, 5) is 12.3. The second kappa shape index (κ2) is 7.62. The Kier molecular flexibility index (Phi) is 5.76. The molecule has 0 bridgehead atoms. The van der Waals surface area contributed by atoms with E-state index in [0.717, 1.165) is 6.07 Å². The molecular formula is C17H19FN2O4S. The van der Waals surface area contributed by atoms with Crippen molar-refractivity contribution < 1.29 is 22.3 Å². The molecule has 0 unspecified atom stereocenters. The average Bonchev–Trinajstić information content (AvgIpc) is 2.54. The first-order chi connectivity index (χ1) is 11.7. The summed E-state index contributed by atoms with van der Waals surface area (Å²) in [6.07, 6.45) is 0. The van der Waals surface area contributed by atoms with Crippen LogP contribution in [0.1, 0.15) is 24.2 Å². The summed E-state index contributed by atoms with van der Waals surface area (Å²) in [6, 6.07) is 9.33. The SMILES string of the molecule is COc1ccc(NC(=O)c2cccc(S(=O)(=O)NC(C)C)c2)cc1F. The number of benzene rings is 2. The molecule has 2 aromatic carbocycles. The molecule has 0 radical (unpaired) electrons. The summed E-state index contributed by atoms with van der Waals surface area (Å²) in [5, 5.41) is 2.52. The maximum atomic E-state index is 13.7. The van der Waals surface area contributed by atoms with Gasteiger partial charge < -0.3 is 10.1 Å². The highest BCUT2D eigenvalue weighted by atomic mass is 32.2. The van der Waals surface area contributed by atoms with Crippen molar-refractivity contribution in [1.29, 1.82) is 0 Å². The molecule has 0 aliphatic carbocycles. The van der Waals surface area contributed by atoms with E-state index in [1.54, 1.807) is 13.8 Å². The highest BCUT2D eigenvalue weighted by Crippen LogP contribution is 2.21. The first-order valence-electron chi connectivity index (χ1n) is 7.50. The van der Waals surface area contributed by atoms with Crippen LogP contribution in [0.15, 0.2) is 47.4 Å². The molecular weight excluding hydrogens is 347 g/mol. The van der Waals surface area contributed by atoms with Crippen LogP contribution >= 0.6 is 0 Å². The van der Waals surface area contributed by atoms with E-state index < -0.39 is 21.7 Å². The molecule has 0 saturated carbocycles. The number of halogens is 1. The van der Waals surface area contributed by atoms with Crippen LogP contribution in [0, 0.1) is 5.82 Å². The number of hydrogen-bond donors (Lipinski definition) is 2. The Morgan fingerprint density at radius 2 is 1.88 bits per heavy atom. The lowest BCUT2D eigenvalue weighted by molar-refractivity contribution is 0.102. The molecule has 134 valence electrons. The largest absolute Gasteiger partial charge is 0.494 e. The number of sulfonamides is 1. The summed E-state index contributed by atoms with van der Waals surface area (Å²) in [5.74, 6) is -1.10. The summed E-state index contributed by atoms with van der Waals surface area (Å²) < 4.78 is 45.3. The number of anilines is 1. The molecule has 0 fully saturated rings. The molecule has 8 heteroatoms. The number of hydrogen-bond acceptors (Lipinski definition) is 4. The van der Waals surface area contributed by atoms with Crippen molar-refractivity contribution in [3.63, 3.8) is 0 Å². The fraction of sp³-hybridized carbons (Fsp3) is 0.235. The molecule has 0 aromatic heterocycles. The van der Waals surface area contributed by atoms with Gasteiger partial charge in [-0.1, -0.05) is 6.07 Å². The molecule has 0 saturated heterocycles. The third-order valence-corrected chi connectivity index (χ3v) is 4.86. The van der Waals surface area contributed by atoms with E-state index >= 15 is 0 Å². The van der Waals surface area contributed by atoms with Crippen LogP contribution in [0.2, 0.25) is 0 Å². The summed E-state index contributed by atoms with van der Waals surface area (Å²) >= 11 is 0. The third-order valence-electron chi connectivity index (χ3n) is 3.21. The molecule has 0 heterocycles. The highest BCUT2D eigenvalue weighted by Gasteiger charge is 2.17. The monoisotopic (exact) mass is 366 g/mol. The second-order valence-corrected chi connectivity index (χ2v) is 7.32. The lowest BCUT2D eigenvalue weighted by Crippen LogP contribution is -2.30. The second-order valence-electron chi connectivity index (χ2n) is 5.61. The minimum atomic E-state index is -3.71. The first kappa shape index (κ1) is 18.9. The zero-order valence-electron chi connectivity index (χ0n) is 14.0. The normalized spacial score (nSPS) is 11.4. The van der Waals surface area contributed by atoms with Gasteiger partial charge in [-0.25, -0.2) is 17.5 Å². The minimum absolute atomic E-state index is 0.0187. The number of rotatable bonds is 6. The molecule has 0 atom stereocenters. The van der Waals surface area contributed by atoms with E-state index in [0.29, 0.717) is 0 Å². The number of nitrogens with one attached hydrogen (secondary N) is 2. The van der Waals surface area contributed by atoms with E-state index in [9.17, 15) is 17.6 Å². The van der Waals surface area contributed by atoms with Gasteiger partial charge in [0.1, 0.15) is 0 Å². The predicted octanol–water partition coefficient (Wildman–Crippen LogP) is 2.77. The number of carbonyl (C=O) groups excluding carboxylic acids is 1. The molecule has 2 rings (SSSR count). The van der Waals surface area contributed by atoms with E-state index in [2.05, 4.69) is 10.0 Å². The Hall–Kier alpha value is -2.45. The zero-order chi connectivity index (χ0) is 18.6. The van der Waals surface area contributed by atoms with Gasteiger partial charge in [0.15, 0.2) is 11.6 Å². The van der Waals surface area contributed by atoms with Crippen LogP contribution in [0.25, 0.3) is 0 Å². The van der Waals surface area contributed by atoms with Gasteiger partial charge >= 0.3 is 0 Å². The van der Waals surface area contributed by atoms with Crippen LogP contribution in [0.4, 0.5) is 10.1 Å². The fourth-order valence-corrected chi connectivity index (χ4v) is 3.43. The summed E-state index contributed by atoms with van der Waals surface area (Å²) in [7, 11) is -2.37. The van der Waals surface area contributed by atoms with E-state index in [1.807, 2.05) is 0 Å². The number of carbonyl (C=O) groups is 1. The van der Waals surface area contributed by atoms with Crippen LogP contribution in [0.5, 0.6) is 5.75 Å². The molecule has 0 aliphatic heterocycles. The van der Waals surface area contributed by atoms with E-state index in [1.165, 1.54) is 43.5 Å². The lowest BCUT2D eigenvalue weighted by Gasteiger charge is -2.11. The van der Waals surface area contributed by atoms with Crippen molar-refractivity contribution in [3.8, 4) is 5.75 Å². The van der Waals surface area contributed by atoms with Gasteiger partial charge in [0.2, 0.25) is 10.0 Å². The van der Waals surface area contributed by atoms with Crippen molar-refractivity contribution >= 4 is 21.6 Å². The van der Waals surface area contributed by atoms with Gasteiger partial charge in [-0.15, -0.1) is 0 Å². The van der Waals surface area contributed by atoms with Gasteiger partial charge in [-0.3, -0.25) is 4.79 Å². The Bertz CT molecular complexity index is 882. The molecule has 1 amide bonds. The Morgan fingerprint density at radius 3 is 2.48 bits per heavy atom. The standard InChI is InChI=1S/C17H19FN2O4S/c1-11(2)20-25(22,23)14-6-4-5-12(9-14)17(21)19-13-7-8-16(24-3)15(18)10-13/h4-11,20H,1-3H3,(H,19,21). The van der Waals surface area contributed by atoms with Crippen molar-refractivity contribution in [2.75, 3.05) is 12.4 Å². The molecule has 0 aliphatic rings. The van der Waals surface area contributed by atoms with Crippen LogP contribution < -0.4 is 14.8 Å². The predicted molar refractivity (Wildman–Crippen MR) is 92.8 cm³/mol. The van der Waals surface area contributed by atoms with E-state index in [4.69, 9.17) is 4.74 Å².